The minimum Gasteiger partial charge on any atom is -0.280 e. The van der Waals surface area contributed by atoms with Crippen LogP contribution in [-0.4, -0.2) is 18.4 Å². The second kappa shape index (κ2) is 5.14. The van der Waals surface area contributed by atoms with Crippen LogP contribution in [0.1, 0.15) is 5.56 Å². The summed E-state index contributed by atoms with van der Waals surface area (Å²) in [5.74, 6) is 0. The first-order valence-corrected chi connectivity index (χ1v) is 7.83. The molecule has 1 heterocycles. The molecular formula is C15H13N3O2S. The van der Waals surface area contributed by atoms with E-state index in [-0.39, 0.29) is 4.90 Å². The molecule has 0 fully saturated rings. The van der Waals surface area contributed by atoms with Gasteiger partial charge in [0.2, 0.25) is 0 Å². The summed E-state index contributed by atoms with van der Waals surface area (Å²) in [4.78, 5) is 8.53. The van der Waals surface area contributed by atoms with Crippen molar-refractivity contribution in [2.24, 2.45) is 0 Å². The Bertz CT molecular complexity index is 890. The molecule has 0 spiro atoms. The van der Waals surface area contributed by atoms with Crippen LogP contribution in [0, 0.1) is 6.92 Å². The van der Waals surface area contributed by atoms with E-state index in [0.29, 0.717) is 11.2 Å². The summed E-state index contributed by atoms with van der Waals surface area (Å²) < 4.78 is 27.2. The predicted molar refractivity (Wildman–Crippen MR) is 81.5 cm³/mol. The van der Waals surface area contributed by atoms with Gasteiger partial charge in [0.05, 0.1) is 21.6 Å². The lowest BCUT2D eigenvalue weighted by atomic mass is 10.2. The average Bonchev–Trinajstić information content (AvgIpc) is 2.47. The van der Waals surface area contributed by atoms with Crippen molar-refractivity contribution in [1.82, 2.24) is 9.97 Å². The Hall–Kier alpha value is -2.47. The molecule has 0 amide bonds. The number of nitrogens with one attached hydrogen (secondary N) is 1. The third-order valence-electron chi connectivity index (χ3n) is 3.05. The van der Waals surface area contributed by atoms with E-state index in [1.165, 1.54) is 0 Å². The highest BCUT2D eigenvalue weighted by Crippen LogP contribution is 2.19. The summed E-state index contributed by atoms with van der Waals surface area (Å²) in [6.07, 6.45) is 3.17. The number of sulfonamides is 1. The van der Waals surface area contributed by atoms with Crippen LogP contribution in [-0.2, 0) is 10.0 Å². The predicted octanol–water partition coefficient (Wildman–Crippen LogP) is 2.74. The van der Waals surface area contributed by atoms with E-state index in [9.17, 15) is 8.42 Å². The normalized spacial score (nSPS) is 11.5. The third kappa shape index (κ3) is 2.85. The number of aromatic nitrogens is 2. The molecule has 3 rings (SSSR count). The van der Waals surface area contributed by atoms with Gasteiger partial charge in [0.15, 0.2) is 0 Å². The van der Waals surface area contributed by atoms with Crippen molar-refractivity contribution in [3.05, 3.63) is 60.4 Å². The van der Waals surface area contributed by atoms with Gasteiger partial charge in [-0.1, -0.05) is 17.7 Å². The Balaban J connectivity index is 1.95. The Morgan fingerprint density at radius 3 is 2.29 bits per heavy atom. The number of rotatable bonds is 3. The van der Waals surface area contributed by atoms with E-state index < -0.39 is 10.0 Å². The number of hydrogen-bond acceptors (Lipinski definition) is 4. The summed E-state index contributed by atoms with van der Waals surface area (Å²) in [5.41, 5.74) is 2.83. The van der Waals surface area contributed by atoms with Crippen molar-refractivity contribution in [2.45, 2.75) is 11.8 Å². The maximum absolute atomic E-state index is 12.3. The fraction of sp³-hybridized carbons (Fsp3) is 0.0667. The minimum absolute atomic E-state index is 0.229. The summed E-state index contributed by atoms with van der Waals surface area (Å²) in [5, 5.41) is 0. The Morgan fingerprint density at radius 1 is 0.905 bits per heavy atom. The van der Waals surface area contributed by atoms with Crippen LogP contribution < -0.4 is 4.72 Å². The maximum Gasteiger partial charge on any atom is 0.261 e. The van der Waals surface area contributed by atoms with Crippen LogP contribution in [0.5, 0.6) is 0 Å². The fourth-order valence-corrected chi connectivity index (χ4v) is 3.01. The lowest BCUT2D eigenvalue weighted by molar-refractivity contribution is 0.601. The molecule has 2 aromatic carbocycles. The maximum atomic E-state index is 12.3. The highest BCUT2D eigenvalue weighted by molar-refractivity contribution is 7.92. The molecule has 0 aliphatic carbocycles. The zero-order valence-electron chi connectivity index (χ0n) is 11.3. The Kier molecular flexibility index (Phi) is 3.31. The van der Waals surface area contributed by atoms with Crippen LogP contribution in [0.4, 0.5) is 5.69 Å². The summed E-state index contributed by atoms with van der Waals surface area (Å²) >= 11 is 0. The molecule has 0 saturated carbocycles. The number of aryl methyl sites for hydroxylation is 1. The van der Waals surface area contributed by atoms with Crippen LogP contribution in [0.3, 0.4) is 0 Å². The summed E-state index contributed by atoms with van der Waals surface area (Å²) in [6.45, 7) is 1.91. The first-order chi connectivity index (χ1) is 10.0. The summed E-state index contributed by atoms with van der Waals surface area (Å²) in [6, 6.07) is 11.8. The average molecular weight is 299 g/mol. The van der Waals surface area contributed by atoms with Gasteiger partial charge in [-0.25, -0.2) is 8.42 Å². The van der Waals surface area contributed by atoms with Crippen molar-refractivity contribution in [3.8, 4) is 0 Å². The molecule has 3 aromatic rings. The molecule has 0 radical (unpaired) electrons. The minimum atomic E-state index is -3.60. The number of fused-ring (bicyclic) bond motifs is 1. The number of anilines is 1. The van der Waals surface area contributed by atoms with Crippen molar-refractivity contribution < 1.29 is 8.42 Å². The van der Waals surface area contributed by atoms with Gasteiger partial charge in [-0.3, -0.25) is 14.7 Å². The zero-order valence-corrected chi connectivity index (χ0v) is 12.1. The monoisotopic (exact) mass is 299 g/mol. The molecule has 0 unspecified atom stereocenters. The zero-order chi connectivity index (χ0) is 14.9. The molecule has 0 bridgehead atoms. The SMILES string of the molecule is Cc1ccc(S(=O)(=O)Nc2ccc3nccnc3c2)cc1. The molecule has 5 nitrogen and oxygen atoms in total. The molecule has 0 aliphatic rings. The van der Waals surface area contributed by atoms with Gasteiger partial charge in [-0.2, -0.15) is 0 Å². The molecule has 21 heavy (non-hydrogen) atoms. The van der Waals surface area contributed by atoms with Crippen LogP contribution in [0.25, 0.3) is 11.0 Å². The van der Waals surface area contributed by atoms with E-state index in [4.69, 9.17) is 0 Å². The van der Waals surface area contributed by atoms with Gasteiger partial charge in [0.25, 0.3) is 10.0 Å². The smallest absolute Gasteiger partial charge is 0.261 e. The molecule has 6 heteroatoms. The summed E-state index contributed by atoms with van der Waals surface area (Å²) in [7, 11) is -3.60. The third-order valence-corrected chi connectivity index (χ3v) is 4.45. The van der Waals surface area contributed by atoms with E-state index in [2.05, 4.69) is 14.7 Å². The lowest BCUT2D eigenvalue weighted by Gasteiger charge is -2.08. The Morgan fingerprint density at radius 2 is 1.57 bits per heavy atom. The van der Waals surface area contributed by atoms with Crippen molar-refractivity contribution in [3.63, 3.8) is 0 Å². The van der Waals surface area contributed by atoms with Crippen LogP contribution in [0.2, 0.25) is 0 Å². The number of benzene rings is 2. The molecule has 106 valence electrons. The lowest BCUT2D eigenvalue weighted by Crippen LogP contribution is -2.12. The van der Waals surface area contributed by atoms with Gasteiger partial charge in [0.1, 0.15) is 0 Å². The Labute approximate surface area is 122 Å². The van der Waals surface area contributed by atoms with Crippen molar-refractivity contribution >= 4 is 26.7 Å². The number of hydrogen-bond donors (Lipinski definition) is 1. The standard InChI is InChI=1S/C15H13N3O2S/c1-11-2-5-13(6-3-11)21(19,20)18-12-4-7-14-15(10-12)17-9-8-16-14/h2-10,18H,1H3. The molecule has 0 aliphatic heterocycles. The molecule has 1 aromatic heterocycles. The van der Waals surface area contributed by atoms with E-state index in [0.717, 1.165) is 11.1 Å². The topological polar surface area (TPSA) is 72.0 Å². The van der Waals surface area contributed by atoms with Gasteiger partial charge >= 0.3 is 0 Å². The highest BCUT2D eigenvalue weighted by atomic mass is 32.2. The van der Waals surface area contributed by atoms with Crippen molar-refractivity contribution in [1.29, 1.82) is 0 Å². The van der Waals surface area contributed by atoms with Gasteiger partial charge in [0, 0.05) is 12.4 Å². The van der Waals surface area contributed by atoms with Gasteiger partial charge < -0.3 is 0 Å². The van der Waals surface area contributed by atoms with E-state index in [1.54, 1.807) is 54.9 Å². The fourth-order valence-electron chi connectivity index (χ4n) is 1.96. The first kappa shape index (κ1) is 13.5. The molecular weight excluding hydrogens is 286 g/mol. The van der Waals surface area contributed by atoms with E-state index >= 15 is 0 Å². The van der Waals surface area contributed by atoms with Crippen LogP contribution >= 0.6 is 0 Å². The van der Waals surface area contributed by atoms with E-state index in [1.807, 2.05) is 6.92 Å². The second-order valence-electron chi connectivity index (χ2n) is 4.68. The van der Waals surface area contributed by atoms with Gasteiger partial charge in [-0.15, -0.1) is 0 Å². The molecule has 1 N–H and O–H groups in total. The molecule has 0 atom stereocenters. The quantitative estimate of drug-likeness (QED) is 0.807. The number of nitrogens with zero attached hydrogens (tertiary/aromatic N) is 2. The largest absolute Gasteiger partial charge is 0.280 e. The van der Waals surface area contributed by atoms with Gasteiger partial charge in [-0.05, 0) is 37.3 Å². The first-order valence-electron chi connectivity index (χ1n) is 6.35. The molecule has 0 saturated heterocycles. The highest BCUT2D eigenvalue weighted by Gasteiger charge is 2.14. The van der Waals surface area contributed by atoms with Crippen LogP contribution in [0.15, 0.2) is 59.8 Å². The second-order valence-corrected chi connectivity index (χ2v) is 6.36. The van der Waals surface area contributed by atoms with Crippen molar-refractivity contribution in [2.75, 3.05) is 4.72 Å².